The monoisotopic (exact) mass is 243 g/mol. The van der Waals surface area contributed by atoms with Crippen LogP contribution < -0.4 is 0 Å². The Morgan fingerprint density at radius 1 is 0.765 bits per heavy atom. The standard InChI is InChI=1S/C15H35N2/c1-6-8-10-14-17(5,13-9-7-2)15-11-12-16(3)4/h6-15H2,1-5H3/q+1. The summed E-state index contributed by atoms with van der Waals surface area (Å²) in [5.74, 6) is 0. The molecular weight excluding hydrogens is 208 g/mol. The average Bonchev–Trinajstić information content (AvgIpc) is 2.26. The summed E-state index contributed by atoms with van der Waals surface area (Å²) in [5.41, 5.74) is 0. The van der Waals surface area contributed by atoms with E-state index in [1.807, 2.05) is 0 Å². The van der Waals surface area contributed by atoms with Gasteiger partial charge in [0.1, 0.15) is 0 Å². The summed E-state index contributed by atoms with van der Waals surface area (Å²) in [6.45, 7) is 9.92. The Balaban J connectivity index is 3.99. The SMILES string of the molecule is CCCCC[N+](C)(CCCC)CCCN(C)C. The minimum atomic E-state index is 1.23. The van der Waals surface area contributed by atoms with Gasteiger partial charge in [-0.3, -0.25) is 0 Å². The third-order valence-electron chi connectivity index (χ3n) is 3.66. The van der Waals surface area contributed by atoms with E-state index in [2.05, 4.69) is 39.9 Å². The lowest BCUT2D eigenvalue weighted by Crippen LogP contribution is -2.46. The molecule has 104 valence electrons. The van der Waals surface area contributed by atoms with Crippen molar-refractivity contribution >= 4 is 0 Å². The molecule has 0 saturated carbocycles. The molecule has 0 amide bonds. The highest BCUT2D eigenvalue weighted by Gasteiger charge is 2.19. The summed E-state index contributed by atoms with van der Waals surface area (Å²) in [6.07, 6.45) is 8.18. The first-order valence-electron chi connectivity index (χ1n) is 7.52. The maximum atomic E-state index is 2.46. The first kappa shape index (κ1) is 16.9. The van der Waals surface area contributed by atoms with Crippen LogP contribution in [-0.2, 0) is 0 Å². The third kappa shape index (κ3) is 9.61. The summed E-state index contributed by atoms with van der Waals surface area (Å²) in [6, 6.07) is 0. The number of rotatable bonds is 11. The quantitative estimate of drug-likeness (QED) is 0.397. The molecule has 17 heavy (non-hydrogen) atoms. The van der Waals surface area contributed by atoms with E-state index in [-0.39, 0.29) is 0 Å². The summed E-state index contributed by atoms with van der Waals surface area (Å²) in [4.78, 5) is 2.30. The predicted octanol–water partition coefficient (Wildman–Crippen LogP) is 3.38. The minimum Gasteiger partial charge on any atom is -0.326 e. The van der Waals surface area contributed by atoms with Crippen molar-refractivity contribution in [3.8, 4) is 0 Å². The lowest BCUT2D eigenvalue weighted by Gasteiger charge is -2.35. The van der Waals surface area contributed by atoms with Crippen LogP contribution in [0.15, 0.2) is 0 Å². The van der Waals surface area contributed by atoms with Crippen molar-refractivity contribution in [2.75, 3.05) is 47.3 Å². The van der Waals surface area contributed by atoms with Crippen molar-refractivity contribution in [2.45, 2.75) is 52.4 Å². The highest BCUT2D eigenvalue weighted by molar-refractivity contribution is 4.48. The van der Waals surface area contributed by atoms with Crippen LogP contribution in [0, 0.1) is 0 Å². The van der Waals surface area contributed by atoms with E-state index in [1.165, 1.54) is 69.2 Å². The van der Waals surface area contributed by atoms with Crippen LogP contribution in [0.2, 0.25) is 0 Å². The van der Waals surface area contributed by atoms with Crippen LogP contribution in [0.1, 0.15) is 52.4 Å². The second-order valence-corrected chi connectivity index (χ2v) is 6.01. The highest BCUT2D eigenvalue weighted by atomic mass is 15.3. The van der Waals surface area contributed by atoms with E-state index in [1.54, 1.807) is 0 Å². The van der Waals surface area contributed by atoms with Crippen molar-refractivity contribution in [2.24, 2.45) is 0 Å². The van der Waals surface area contributed by atoms with Gasteiger partial charge in [-0.05, 0) is 33.4 Å². The largest absolute Gasteiger partial charge is 0.326 e. The molecule has 0 aromatic rings. The van der Waals surface area contributed by atoms with Gasteiger partial charge < -0.3 is 9.38 Å². The van der Waals surface area contributed by atoms with E-state index in [0.29, 0.717) is 0 Å². The van der Waals surface area contributed by atoms with Crippen LogP contribution >= 0.6 is 0 Å². The van der Waals surface area contributed by atoms with Crippen molar-refractivity contribution in [3.63, 3.8) is 0 Å². The van der Waals surface area contributed by atoms with Crippen LogP contribution in [0.4, 0.5) is 0 Å². The molecule has 0 fully saturated rings. The molecule has 0 aliphatic carbocycles. The molecule has 0 saturated heterocycles. The van der Waals surface area contributed by atoms with Crippen molar-refractivity contribution < 1.29 is 4.48 Å². The molecule has 0 spiro atoms. The Bertz CT molecular complexity index is 168. The van der Waals surface area contributed by atoms with Crippen molar-refractivity contribution in [3.05, 3.63) is 0 Å². The second kappa shape index (κ2) is 9.90. The van der Waals surface area contributed by atoms with Crippen LogP contribution in [0.5, 0.6) is 0 Å². The first-order chi connectivity index (χ1) is 8.04. The predicted molar refractivity (Wildman–Crippen MR) is 78.4 cm³/mol. The summed E-state index contributed by atoms with van der Waals surface area (Å²) in [5, 5.41) is 0. The number of hydrogen-bond acceptors (Lipinski definition) is 1. The van der Waals surface area contributed by atoms with Crippen molar-refractivity contribution in [1.29, 1.82) is 0 Å². The molecule has 2 heteroatoms. The maximum absolute atomic E-state index is 2.46. The molecule has 0 radical (unpaired) electrons. The van der Waals surface area contributed by atoms with Crippen LogP contribution in [-0.4, -0.2) is 56.7 Å². The number of quaternary nitrogens is 1. The molecule has 0 bridgehead atoms. The smallest absolute Gasteiger partial charge is 0.0796 e. The van der Waals surface area contributed by atoms with Crippen LogP contribution in [0.25, 0.3) is 0 Å². The van der Waals surface area contributed by atoms with E-state index in [4.69, 9.17) is 0 Å². The Labute approximate surface area is 110 Å². The highest BCUT2D eigenvalue weighted by Crippen LogP contribution is 2.11. The lowest BCUT2D eigenvalue weighted by molar-refractivity contribution is -0.910. The van der Waals surface area contributed by atoms with E-state index in [0.717, 1.165) is 0 Å². The maximum Gasteiger partial charge on any atom is 0.0796 e. The lowest BCUT2D eigenvalue weighted by atomic mass is 10.2. The Kier molecular flexibility index (Phi) is 9.85. The molecular formula is C15H35N2+. The van der Waals surface area contributed by atoms with Gasteiger partial charge in [0.25, 0.3) is 0 Å². The Hall–Kier alpha value is -0.0800. The normalized spacial score (nSPS) is 15.2. The number of nitrogens with zero attached hydrogens (tertiary/aromatic N) is 2. The van der Waals surface area contributed by atoms with Gasteiger partial charge in [-0.1, -0.05) is 26.7 Å². The second-order valence-electron chi connectivity index (χ2n) is 6.01. The topological polar surface area (TPSA) is 3.24 Å². The fraction of sp³-hybridized carbons (Fsp3) is 1.00. The zero-order valence-electron chi connectivity index (χ0n) is 13.0. The van der Waals surface area contributed by atoms with E-state index in [9.17, 15) is 0 Å². The van der Waals surface area contributed by atoms with E-state index >= 15 is 0 Å². The Morgan fingerprint density at radius 2 is 1.29 bits per heavy atom. The van der Waals surface area contributed by atoms with Gasteiger partial charge in [0.05, 0.1) is 26.7 Å². The molecule has 1 unspecified atom stereocenters. The van der Waals surface area contributed by atoms with Gasteiger partial charge in [0, 0.05) is 13.0 Å². The van der Waals surface area contributed by atoms with Crippen LogP contribution in [0.3, 0.4) is 0 Å². The molecule has 0 aliphatic heterocycles. The summed E-state index contributed by atoms with van der Waals surface area (Å²) >= 11 is 0. The fourth-order valence-electron chi connectivity index (χ4n) is 2.39. The Morgan fingerprint density at radius 3 is 1.82 bits per heavy atom. The van der Waals surface area contributed by atoms with Gasteiger partial charge in [-0.2, -0.15) is 0 Å². The van der Waals surface area contributed by atoms with Crippen molar-refractivity contribution in [1.82, 2.24) is 4.90 Å². The minimum absolute atomic E-state index is 1.23. The molecule has 2 nitrogen and oxygen atoms in total. The average molecular weight is 243 g/mol. The molecule has 1 atom stereocenters. The fourth-order valence-corrected chi connectivity index (χ4v) is 2.39. The molecule has 0 N–H and O–H groups in total. The van der Waals surface area contributed by atoms with Gasteiger partial charge in [0.15, 0.2) is 0 Å². The van der Waals surface area contributed by atoms with E-state index < -0.39 is 0 Å². The summed E-state index contributed by atoms with van der Waals surface area (Å²) < 4.78 is 1.29. The number of hydrogen-bond donors (Lipinski definition) is 0. The first-order valence-corrected chi connectivity index (χ1v) is 7.52. The molecule has 0 heterocycles. The van der Waals surface area contributed by atoms with Gasteiger partial charge in [-0.25, -0.2) is 0 Å². The molecule has 0 rings (SSSR count). The zero-order valence-corrected chi connectivity index (χ0v) is 13.0. The van der Waals surface area contributed by atoms with Gasteiger partial charge >= 0.3 is 0 Å². The molecule has 0 aliphatic rings. The van der Waals surface area contributed by atoms with Gasteiger partial charge in [0.2, 0.25) is 0 Å². The summed E-state index contributed by atoms with van der Waals surface area (Å²) in [7, 11) is 6.81. The molecule has 0 aromatic heterocycles. The third-order valence-corrected chi connectivity index (χ3v) is 3.66. The number of unbranched alkanes of at least 4 members (excludes halogenated alkanes) is 3. The zero-order chi connectivity index (χ0) is 13.1. The van der Waals surface area contributed by atoms with Gasteiger partial charge in [-0.15, -0.1) is 0 Å². The molecule has 0 aromatic carbocycles.